The first kappa shape index (κ1) is 14.6. The molecular formula is C18H19NO3. The van der Waals surface area contributed by atoms with E-state index >= 15 is 0 Å². The number of H-pyrrole nitrogens is 1. The molecule has 0 spiro atoms. The SMILES string of the molecule is Cc1cc2c(c(=O)[nH]1)[C@@H](c1ccc(C(C)C)cc1)CC(=O)O2. The molecule has 0 unspecified atom stereocenters. The first-order valence-electron chi connectivity index (χ1n) is 7.50. The fourth-order valence-electron chi connectivity index (χ4n) is 2.91. The molecule has 2 heterocycles. The van der Waals surface area contributed by atoms with E-state index in [-0.39, 0.29) is 23.9 Å². The summed E-state index contributed by atoms with van der Waals surface area (Å²) in [6.07, 6.45) is 0.195. The number of esters is 1. The third-order valence-electron chi connectivity index (χ3n) is 4.12. The highest BCUT2D eigenvalue weighted by molar-refractivity contribution is 5.77. The van der Waals surface area contributed by atoms with Gasteiger partial charge >= 0.3 is 5.97 Å². The van der Waals surface area contributed by atoms with E-state index in [2.05, 4.69) is 31.0 Å². The van der Waals surface area contributed by atoms with Crippen molar-refractivity contribution in [3.05, 3.63) is 63.1 Å². The van der Waals surface area contributed by atoms with Gasteiger partial charge in [-0.25, -0.2) is 0 Å². The lowest BCUT2D eigenvalue weighted by Crippen LogP contribution is -2.28. The molecule has 3 rings (SSSR count). The molecule has 114 valence electrons. The normalized spacial score (nSPS) is 17.3. The van der Waals surface area contributed by atoms with E-state index in [1.807, 2.05) is 12.1 Å². The molecule has 1 aliphatic rings. The maximum atomic E-state index is 12.3. The molecule has 22 heavy (non-hydrogen) atoms. The second-order valence-corrected chi connectivity index (χ2v) is 6.11. The first-order valence-corrected chi connectivity index (χ1v) is 7.50. The lowest BCUT2D eigenvalue weighted by molar-refractivity contribution is -0.135. The summed E-state index contributed by atoms with van der Waals surface area (Å²) < 4.78 is 5.25. The van der Waals surface area contributed by atoms with E-state index in [0.29, 0.717) is 22.9 Å². The molecule has 0 radical (unpaired) electrons. The number of rotatable bonds is 2. The third kappa shape index (κ3) is 2.56. The second kappa shape index (κ2) is 5.44. The fraction of sp³-hybridized carbons (Fsp3) is 0.333. The smallest absolute Gasteiger partial charge is 0.312 e. The number of fused-ring (bicyclic) bond motifs is 1. The van der Waals surface area contributed by atoms with Gasteiger partial charge in [0.2, 0.25) is 0 Å². The summed E-state index contributed by atoms with van der Waals surface area (Å²) in [4.78, 5) is 27.0. The van der Waals surface area contributed by atoms with Crippen LogP contribution in [0.2, 0.25) is 0 Å². The zero-order valence-corrected chi connectivity index (χ0v) is 13.0. The summed E-state index contributed by atoms with van der Waals surface area (Å²) in [6, 6.07) is 9.83. The zero-order chi connectivity index (χ0) is 15.9. The molecule has 1 aliphatic heterocycles. The number of hydrogen-bond donors (Lipinski definition) is 1. The molecule has 4 nitrogen and oxygen atoms in total. The molecule has 1 N–H and O–H groups in total. The van der Waals surface area contributed by atoms with Crippen LogP contribution in [0.3, 0.4) is 0 Å². The van der Waals surface area contributed by atoms with Gasteiger partial charge in [0.25, 0.3) is 5.56 Å². The van der Waals surface area contributed by atoms with Crippen LogP contribution in [0.25, 0.3) is 0 Å². The van der Waals surface area contributed by atoms with Crippen molar-refractivity contribution in [2.45, 2.75) is 39.0 Å². The van der Waals surface area contributed by atoms with Crippen LogP contribution in [0.1, 0.15) is 54.5 Å². The Morgan fingerprint density at radius 3 is 2.50 bits per heavy atom. The minimum Gasteiger partial charge on any atom is -0.426 e. The Balaban J connectivity index is 2.09. The van der Waals surface area contributed by atoms with Gasteiger partial charge in [0.05, 0.1) is 12.0 Å². The number of ether oxygens (including phenoxy) is 1. The van der Waals surface area contributed by atoms with Crippen LogP contribution in [-0.2, 0) is 4.79 Å². The number of nitrogens with one attached hydrogen (secondary N) is 1. The Kier molecular flexibility index (Phi) is 3.61. The molecule has 0 amide bonds. The predicted molar refractivity (Wildman–Crippen MR) is 84.4 cm³/mol. The van der Waals surface area contributed by atoms with Gasteiger partial charge in [-0.15, -0.1) is 0 Å². The zero-order valence-electron chi connectivity index (χ0n) is 13.0. The van der Waals surface area contributed by atoms with Gasteiger partial charge in [0.15, 0.2) is 0 Å². The number of aryl methyl sites for hydroxylation is 1. The monoisotopic (exact) mass is 297 g/mol. The van der Waals surface area contributed by atoms with Gasteiger partial charge in [-0.3, -0.25) is 9.59 Å². The van der Waals surface area contributed by atoms with E-state index in [1.54, 1.807) is 13.0 Å². The van der Waals surface area contributed by atoms with Crippen LogP contribution in [0.5, 0.6) is 5.75 Å². The van der Waals surface area contributed by atoms with Crippen molar-refractivity contribution in [3.8, 4) is 5.75 Å². The number of pyridine rings is 1. The molecule has 4 heteroatoms. The van der Waals surface area contributed by atoms with Crippen molar-refractivity contribution in [3.63, 3.8) is 0 Å². The third-order valence-corrected chi connectivity index (χ3v) is 4.12. The Labute approximate surface area is 129 Å². The van der Waals surface area contributed by atoms with E-state index < -0.39 is 0 Å². The average Bonchev–Trinajstić information content (AvgIpc) is 2.45. The molecule has 0 saturated heterocycles. The summed E-state index contributed by atoms with van der Waals surface area (Å²) in [5.41, 5.74) is 3.26. The summed E-state index contributed by atoms with van der Waals surface area (Å²) in [7, 11) is 0. The van der Waals surface area contributed by atoms with Gasteiger partial charge in [-0.05, 0) is 24.0 Å². The predicted octanol–water partition coefficient (Wildman–Crippen LogP) is 3.25. The largest absolute Gasteiger partial charge is 0.426 e. The number of carbonyl (C=O) groups excluding carboxylic acids is 1. The van der Waals surface area contributed by atoms with E-state index in [4.69, 9.17) is 4.74 Å². The lowest BCUT2D eigenvalue weighted by Gasteiger charge is -2.24. The van der Waals surface area contributed by atoms with Crippen LogP contribution in [-0.4, -0.2) is 11.0 Å². The summed E-state index contributed by atoms with van der Waals surface area (Å²) in [6.45, 7) is 6.04. The highest BCUT2D eigenvalue weighted by Gasteiger charge is 2.31. The Morgan fingerprint density at radius 1 is 1.18 bits per heavy atom. The number of carbonyl (C=O) groups is 1. The maximum absolute atomic E-state index is 12.3. The molecule has 1 atom stereocenters. The van der Waals surface area contributed by atoms with Crippen LogP contribution in [0.4, 0.5) is 0 Å². The summed E-state index contributed by atoms with van der Waals surface area (Å²) in [5.74, 6) is 0.288. The van der Waals surface area contributed by atoms with Gasteiger partial charge in [0.1, 0.15) is 5.75 Å². The number of hydrogen-bond acceptors (Lipinski definition) is 3. The van der Waals surface area contributed by atoms with Crippen molar-refractivity contribution in [1.29, 1.82) is 0 Å². The molecule has 2 aromatic rings. The van der Waals surface area contributed by atoms with Crippen LogP contribution >= 0.6 is 0 Å². The number of benzene rings is 1. The van der Waals surface area contributed by atoms with E-state index in [9.17, 15) is 9.59 Å². The minimum absolute atomic E-state index is 0.180. The van der Waals surface area contributed by atoms with Crippen molar-refractivity contribution >= 4 is 5.97 Å². The van der Waals surface area contributed by atoms with Crippen molar-refractivity contribution < 1.29 is 9.53 Å². The Bertz CT molecular complexity index is 772. The minimum atomic E-state index is -0.296. The van der Waals surface area contributed by atoms with Crippen LogP contribution in [0, 0.1) is 6.92 Å². The van der Waals surface area contributed by atoms with Gasteiger partial charge in [0, 0.05) is 17.7 Å². The Hall–Kier alpha value is -2.36. The Morgan fingerprint density at radius 2 is 1.86 bits per heavy atom. The lowest BCUT2D eigenvalue weighted by atomic mass is 9.86. The second-order valence-electron chi connectivity index (χ2n) is 6.11. The number of aromatic amines is 1. The van der Waals surface area contributed by atoms with E-state index in [0.717, 1.165) is 5.56 Å². The quantitative estimate of drug-likeness (QED) is 0.866. The molecule has 0 bridgehead atoms. The average molecular weight is 297 g/mol. The van der Waals surface area contributed by atoms with Crippen LogP contribution in [0.15, 0.2) is 35.1 Å². The van der Waals surface area contributed by atoms with Crippen LogP contribution < -0.4 is 10.3 Å². The van der Waals surface area contributed by atoms with Gasteiger partial charge in [-0.2, -0.15) is 0 Å². The van der Waals surface area contributed by atoms with E-state index in [1.165, 1.54) is 5.56 Å². The van der Waals surface area contributed by atoms with Gasteiger partial charge < -0.3 is 9.72 Å². The highest BCUT2D eigenvalue weighted by atomic mass is 16.5. The molecule has 0 saturated carbocycles. The molecular weight excluding hydrogens is 278 g/mol. The topological polar surface area (TPSA) is 59.2 Å². The molecule has 0 fully saturated rings. The molecule has 1 aromatic carbocycles. The first-order chi connectivity index (χ1) is 10.5. The standard InChI is InChI=1S/C18H19NO3/c1-10(2)12-4-6-13(7-5-12)14-9-16(20)22-15-8-11(3)19-18(21)17(14)15/h4-8,10,14H,9H2,1-3H3,(H,19,21)/t14-/m1/s1. The number of aromatic nitrogens is 1. The highest BCUT2D eigenvalue weighted by Crippen LogP contribution is 2.36. The van der Waals surface area contributed by atoms with Gasteiger partial charge in [-0.1, -0.05) is 38.1 Å². The fourth-order valence-corrected chi connectivity index (χ4v) is 2.91. The summed E-state index contributed by atoms with van der Waals surface area (Å²) >= 11 is 0. The van der Waals surface area contributed by atoms with Crippen molar-refractivity contribution in [1.82, 2.24) is 4.98 Å². The van der Waals surface area contributed by atoms with Crippen molar-refractivity contribution in [2.24, 2.45) is 0 Å². The molecule has 0 aliphatic carbocycles. The summed E-state index contributed by atoms with van der Waals surface area (Å²) in [5, 5.41) is 0. The maximum Gasteiger partial charge on any atom is 0.312 e. The molecule has 1 aromatic heterocycles. The van der Waals surface area contributed by atoms with Crippen molar-refractivity contribution in [2.75, 3.05) is 0 Å².